The highest BCUT2D eigenvalue weighted by atomic mass is 16.5. The van der Waals surface area contributed by atoms with E-state index < -0.39 is 0 Å². The van der Waals surface area contributed by atoms with Crippen LogP contribution in [0.2, 0.25) is 0 Å². The van der Waals surface area contributed by atoms with Crippen molar-refractivity contribution in [2.75, 3.05) is 12.4 Å². The van der Waals surface area contributed by atoms with Crippen molar-refractivity contribution < 1.29 is 9.53 Å². The van der Waals surface area contributed by atoms with E-state index in [1.165, 1.54) is 0 Å². The third-order valence-corrected chi connectivity index (χ3v) is 4.53. The lowest BCUT2D eigenvalue weighted by Crippen LogP contribution is -2.42. The van der Waals surface area contributed by atoms with Gasteiger partial charge in [-0.15, -0.1) is 0 Å². The number of benzene rings is 2. The van der Waals surface area contributed by atoms with Gasteiger partial charge in [0.05, 0.1) is 12.7 Å². The maximum Gasteiger partial charge on any atom is 0.258 e. The Kier molecular flexibility index (Phi) is 4.27. The monoisotopic (exact) mass is 345 g/mol. The van der Waals surface area contributed by atoms with E-state index in [4.69, 9.17) is 4.74 Å². The number of rotatable bonds is 4. The first-order valence-corrected chi connectivity index (χ1v) is 8.45. The minimum absolute atomic E-state index is 0.00372. The summed E-state index contributed by atoms with van der Waals surface area (Å²) in [5, 5.41) is 3.50. The summed E-state index contributed by atoms with van der Waals surface area (Å²) >= 11 is 0. The molecule has 4 rings (SSSR count). The van der Waals surface area contributed by atoms with Crippen molar-refractivity contribution in [1.29, 1.82) is 0 Å². The molecule has 1 aliphatic rings. The molecule has 130 valence electrons. The highest BCUT2D eigenvalue weighted by Gasteiger charge is 2.32. The topological polar surface area (TPSA) is 54.5 Å². The van der Waals surface area contributed by atoms with Gasteiger partial charge in [0.2, 0.25) is 0 Å². The second kappa shape index (κ2) is 6.88. The Morgan fingerprint density at radius 2 is 1.88 bits per heavy atom. The van der Waals surface area contributed by atoms with Crippen molar-refractivity contribution in [1.82, 2.24) is 9.88 Å². The SMILES string of the molecule is COc1ccc([C@@H]2Nc3ccccc3C(=O)N2Cc2cccnc2)cc1. The van der Waals surface area contributed by atoms with Gasteiger partial charge in [0.1, 0.15) is 11.9 Å². The normalized spacial score (nSPS) is 16.0. The van der Waals surface area contributed by atoms with Crippen molar-refractivity contribution >= 4 is 11.6 Å². The highest BCUT2D eigenvalue weighted by molar-refractivity contribution is 6.01. The van der Waals surface area contributed by atoms with Crippen LogP contribution in [0.25, 0.3) is 0 Å². The zero-order chi connectivity index (χ0) is 17.9. The van der Waals surface area contributed by atoms with Crippen LogP contribution in [-0.2, 0) is 6.54 Å². The van der Waals surface area contributed by atoms with E-state index in [9.17, 15) is 4.79 Å². The van der Waals surface area contributed by atoms with Crippen LogP contribution < -0.4 is 10.1 Å². The van der Waals surface area contributed by atoms with Crippen LogP contribution in [0.5, 0.6) is 5.75 Å². The summed E-state index contributed by atoms with van der Waals surface area (Å²) in [7, 11) is 1.64. The third kappa shape index (κ3) is 2.99. The number of nitrogens with zero attached hydrogens (tertiary/aromatic N) is 2. The average molecular weight is 345 g/mol. The van der Waals surface area contributed by atoms with E-state index in [2.05, 4.69) is 10.3 Å². The largest absolute Gasteiger partial charge is 0.497 e. The molecule has 1 atom stereocenters. The molecule has 1 aromatic heterocycles. The van der Waals surface area contributed by atoms with Gasteiger partial charge in [-0.3, -0.25) is 9.78 Å². The number of nitrogens with one attached hydrogen (secondary N) is 1. The number of hydrogen-bond acceptors (Lipinski definition) is 4. The van der Waals surface area contributed by atoms with Crippen LogP contribution >= 0.6 is 0 Å². The van der Waals surface area contributed by atoms with E-state index in [0.29, 0.717) is 12.1 Å². The van der Waals surface area contributed by atoms with Crippen LogP contribution in [0.4, 0.5) is 5.69 Å². The van der Waals surface area contributed by atoms with Gasteiger partial charge in [-0.2, -0.15) is 0 Å². The first kappa shape index (κ1) is 16.1. The molecule has 0 unspecified atom stereocenters. The highest BCUT2D eigenvalue weighted by Crippen LogP contribution is 2.34. The van der Waals surface area contributed by atoms with Gasteiger partial charge in [-0.1, -0.05) is 30.3 Å². The smallest absolute Gasteiger partial charge is 0.258 e. The van der Waals surface area contributed by atoms with Crippen LogP contribution in [0.3, 0.4) is 0 Å². The molecule has 0 aliphatic carbocycles. The molecule has 26 heavy (non-hydrogen) atoms. The van der Waals surface area contributed by atoms with Crippen molar-refractivity contribution in [2.45, 2.75) is 12.7 Å². The molecule has 0 bridgehead atoms. The van der Waals surface area contributed by atoms with E-state index in [0.717, 1.165) is 22.6 Å². The lowest BCUT2D eigenvalue weighted by Gasteiger charge is -2.38. The Balaban J connectivity index is 1.73. The lowest BCUT2D eigenvalue weighted by molar-refractivity contribution is 0.0666. The fourth-order valence-electron chi connectivity index (χ4n) is 3.19. The summed E-state index contributed by atoms with van der Waals surface area (Å²) in [6.45, 7) is 0.477. The van der Waals surface area contributed by atoms with E-state index in [1.54, 1.807) is 19.5 Å². The summed E-state index contributed by atoms with van der Waals surface area (Å²) in [5.74, 6) is 0.791. The number of aromatic nitrogens is 1. The van der Waals surface area contributed by atoms with Crippen LogP contribution in [0.15, 0.2) is 73.1 Å². The zero-order valence-corrected chi connectivity index (χ0v) is 14.4. The minimum atomic E-state index is -0.261. The lowest BCUT2D eigenvalue weighted by atomic mass is 10.0. The molecule has 5 nitrogen and oxygen atoms in total. The molecular weight excluding hydrogens is 326 g/mol. The number of para-hydroxylation sites is 1. The predicted octanol–water partition coefficient (Wildman–Crippen LogP) is 3.86. The van der Waals surface area contributed by atoms with Crippen molar-refractivity contribution in [3.63, 3.8) is 0 Å². The number of ether oxygens (including phenoxy) is 1. The number of fused-ring (bicyclic) bond motifs is 1. The van der Waals surface area contributed by atoms with Gasteiger partial charge >= 0.3 is 0 Å². The standard InChI is InChI=1S/C21H19N3O2/c1-26-17-10-8-16(9-11-17)20-23-19-7-3-2-6-18(19)21(25)24(20)14-15-5-4-12-22-13-15/h2-13,20,23H,14H2,1H3/t20-/m1/s1. The first-order valence-electron chi connectivity index (χ1n) is 8.45. The summed E-state index contributed by atoms with van der Waals surface area (Å²) in [6, 6.07) is 19.2. The molecule has 0 saturated heterocycles. The average Bonchev–Trinajstić information content (AvgIpc) is 2.71. The Bertz CT molecular complexity index is 910. The fourth-order valence-corrected chi connectivity index (χ4v) is 3.19. The Labute approximate surface area is 152 Å². The van der Waals surface area contributed by atoms with Crippen molar-refractivity contribution in [3.05, 3.63) is 89.7 Å². The zero-order valence-electron chi connectivity index (χ0n) is 14.4. The molecule has 2 heterocycles. The van der Waals surface area contributed by atoms with E-state index in [-0.39, 0.29) is 12.1 Å². The summed E-state index contributed by atoms with van der Waals surface area (Å²) in [4.78, 5) is 19.2. The minimum Gasteiger partial charge on any atom is -0.497 e. The first-order chi connectivity index (χ1) is 12.8. The second-order valence-electron chi connectivity index (χ2n) is 6.16. The van der Waals surface area contributed by atoms with Gasteiger partial charge in [-0.05, 0) is 41.5 Å². The van der Waals surface area contributed by atoms with Gasteiger partial charge in [-0.25, -0.2) is 0 Å². The molecule has 5 heteroatoms. The number of hydrogen-bond donors (Lipinski definition) is 1. The van der Waals surface area contributed by atoms with Crippen LogP contribution in [0, 0.1) is 0 Å². The second-order valence-corrected chi connectivity index (χ2v) is 6.16. The molecule has 1 N–H and O–H groups in total. The molecule has 1 amide bonds. The van der Waals surface area contributed by atoms with Crippen molar-refractivity contribution in [3.8, 4) is 5.75 Å². The van der Waals surface area contributed by atoms with Gasteiger partial charge in [0, 0.05) is 24.6 Å². The van der Waals surface area contributed by atoms with Crippen LogP contribution in [0.1, 0.15) is 27.7 Å². The summed E-state index contributed by atoms with van der Waals surface area (Å²) in [5.41, 5.74) is 3.51. The number of carbonyl (C=O) groups is 1. The summed E-state index contributed by atoms with van der Waals surface area (Å²) < 4.78 is 5.25. The van der Waals surface area contributed by atoms with Crippen molar-refractivity contribution in [2.24, 2.45) is 0 Å². The molecule has 0 spiro atoms. The molecule has 0 saturated carbocycles. The fraction of sp³-hybridized carbons (Fsp3) is 0.143. The van der Waals surface area contributed by atoms with Crippen LogP contribution in [-0.4, -0.2) is 22.9 Å². The number of amides is 1. The number of methoxy groups -OCH3 is 1. The molecule has 2 aromatic carbocycles. The third-order valence-electron chi connectivity index (χ3n) is 4.53. The van der Waals surface area contributed by atoms with Gasteiger partial charge in [0.25, 0.3) is 5.91 Å². The molecule has 1 aliphatic heterocycles. The number of anilines is 1. The maximum absolute atomic E-state index is 13.2. The van der Waals surface area contributed by atoms with Gasteiger partial charge in [0.15, 0.2) is 0 Å². The molecule has 0 fully saturated rings. The number of pyridine rings is 1. The Morgan fingerprint density at radius 3 is 2.62 bits per heavy atom. The molecular formula is C21H19N3O2. The molecule has 0 radical (unpaired) electrons. The Hall–Kier alpha value is -3.34. The van der Waals surface area contributed by atoms with Gasteiger partial charge < -0.3 is 15.0 Å². The van der Waals surface area contributed by atoms with E-state index >= 15 is 0 Å². The maximum atomic E-state index is 13.2. The summed E-state index contributed by atoms with van der Waals surface area (Å²) in [6.07, 6.45) is 3.26. The molecule has 3 aromatic rings. The Morgan fingerprint density at radius 1 is 1.08 bits per heavy atom. The number of carbonyl (C=O) groups excluding carboxylic acids is 1. The predicted molar refractivity (Wildman–Crippen MR) is 99.9 cm³/mol. The van der Waals surface area contributed by atoms with E-state index in [1.807, 2.05) is 65.6 Å². The quantitative estimate of drug-likeness (QED) is 0.780.